The minimum Gasteiger partial charge on any atom is -0.411 e. The van der Waals surface area contributed by atoms with E-state index in [1.807, 2.05) is 6.07 Å². The number of pyridine rings is 1. The van der Waals surface area contributed by atoms with Crippen molar-refractivity contribution in [1.29, 1.82) is 0 Å². The quantitative estimate of drug-likeness (QED) is 0.597. The lowest BCUT2D eigenvalue weighted by atomic mass is 10.2. The van der Waals surface area contributed by atoms with Gasteiger partial charge in [-0.15, -0.1) is 0 Å². The van der Waals surface area contributed by atoms with E-state index in [-0.39, 0.29) is 5.04 Å². The SMILES string of the molecule is Cc1ccc(Br)nc1CO[Si](C)(C)C(C)(C)C. The Bertz CT molecular complexity index is 399. The molecule has 2 nitrogen and oxygen atoms in total. The van der Waals surface area contributed by atoms with Gasteiger partial charge in [-0.1, -0.05) is 26.8 Å². The molecule has 0 aliphatic carbocycles. The van der Waals surface area contributed by atoms with Crippen molar-refractivity contribution >= 4 is 24.2 Å². The Morgan fingerprint density at radius 2 is 1.88 bits per heavy atom. The van der Waals surface area contributed by atoms with Gasteiger partial charge in [0.15, 0.2) is 8.32 Å². The smallest absolute Gasteiger partial charge is 0.192 e. The third-order valence-electron chi connectivity index (χ3n) is 3.54. The van der Waals surface area contributed by atoms with Crippen molar-refractivity contribution in [3.05, 3.63) is 28.0 Å². The second kappa shape index (κ2) is 5.20. The van der Waals surface area contributed by atoms with Gasteiger partial charge in [0.1, 0.15) is 4.60 Å². The molecule has 0 atom stereocenters. The van der Waals surface area contributed by atoms with E-state index in [1.165, 1.54) is 5.56 Å². The summed E-state index contributed by atoms with van der Waals surface area (Å²) in [5, 5.41) is 0.243. The molecule has 0 bridgehead atoms. The lowest BCUT2D eigenvalue weighted by molar-refractivity contribution is 0.271. The Morgan fingerprint density at radius 3 is 2.41 bits per heavy atom. The van der Waals surface area contributed by atoms with Crippen molar-refractivity contribution in [2.45, 2.75) is 52.4 Å². The van der Waals surface area contributed by atoms with Gasteiger partial charge in [-0.2, -0.15) is 0 Å². The number of halogens is 1. The summed E-state index contributed by atoms with van der Waals surface area (Å²) in [5.74, 6) is 0. The zero-order valence-corrected chi connectivity index (χ0v) is 14.2. The molecule has 1 aromatic rings. The van der Waals surface area contributed by atoms with Crippen LogP contribution in [0.1, 0.15) is 32.0 Å². The van der Waals surface area contributed by atoms with Crippen molar-refractivity contribution in [3.63, 3.8) is 0 Å². The fraction of sp³-hybridized carbons (Fsp3) is 0.615. The molecule has 0 saturated heterocycles. The largest absolute Gasteiger partial charge is 0.411 e. The van der Waals surface area contributed by atoms with Gasteiger partial charge < -0.3 is 4.43 Å². The van der Waals surface area contributed by atoms with Crippen LogP contribution in [0.15, 0.2) is 16.7 Å². The Hall–Kier alpha value is -0.193. The third-order valence-corrected chi connectivity index (χ3v) is 8.46. The van der Waals surface area contributed by atoms with Crippen LogP contribution in [0.5, 0.6) is 0 Å². The summed E-state index contributed by atoms with van der Waals surface area (Å²) in [5.41, 5.74) is 2.22. The second-order valence-corrected chi connectivity index (χ2v) is 11.6. The molecular formula is C13H22BrNOSi. The van der Waals surface area contributed by atoms with Crippen LogP contribution in [0.3, 0.4) is 0 Å². The molecule has 1 rings (SSSR count). The normalized spacial score (nSPS) is 12.9. The molecule has 0 aromatic carbocycles. The molecule has 0 N–H and O–H groups in total. The number of hydrogen-bond donors (Lipinski definition) is 0. The molecule has 96 valence electrons. The molecule has 0 spiro atoms. The average molecular weight is 316 g/mol. The summed E-state index contributed by atoms with van der Waals surface area (Å²) in [6.07, 6.45) is 0. The molecule has 4 heteroatoms. The first-order valence-electron chi connectivity index (χ1n) is 5.89. The first kappa shape index (κ1) is 14.9. The van der Waals surface area contributed by atoms with Crippen LogP contribution in [0, 0.1) is 6.92 Å². The molecule has 0 saturated carbocycles. The number of aryl methyl sites for hydroxylation is 1. The van der Waals surface area contributed by atoms with Gasteiger partial charge in [-0.05, 0) is 52.6 Å². The molecule has 0 amide bonds. The Morgan fingerprint density at radius 1 is 1.29 bits per heavy atom. The predicted molar refractivity (Wildman–Crippen MR) is 78.7 cm³/mol. The summed E-state index contributed by atoms with van der Waals surface area (Å²) in [6.45, 7) is 14.0. The fourth-order valence-electron chi connectivity index (χ4n) is 1.16. The number of nitrogens with zero attached hydrogens (tertiary/aromatic N) is 1. The van der Waals surface area contributed by atoms with Gasteiger partial charge >= 0.3 is 0 Å². The van der Waals surface area contributed by atoms with Gasteiger partial charge in [0.05, 0.1) is 12.3 Å². The van der Waals surface area contributed by atoms with E-state index in [1.54, 1.807) is 0 Å². The summed E-state index contributed by atoms with van der Waals surface area (Å²) in [4.78, 5) is 4.47. The van der Waals surface area contributed by atoms with Crippen LogP contribution in [-0.2, 0) is 11.0 Å². The monoisotopic (exact) mass is 315 g/mol. The fourth-order valence-corrected chi connectivity index (χ4v) is 2.43. The maximum Gasteiger partial charge on any atom is 0.192 e. The zero-order chi connectivity index (χ0) is 13.3. The lowest BCUT2D eigenvalue weighted by Crippen LogP contribution is -2.40. The topological polar surface area (TPSA) is 22.1 Å². The summed E-state index contributed by atoms with van der Waals surface area (Å²) < 4.78 is 7.04. The molecule has 1 aromatic heterocycles. The van der Waals surface area contributed by atoms with Gasteiger partial charge in [-0.25, -0.2) is 4.98 Å². The van der Waals surface area contributed by atoms with Gasteiger partial charge in [0.2, 0.25) is 0 Å². The standard InChI is InChI=1S/C13H22BrNOSi/c1-10-7-8-12(14)15-11(10)9-16-17(5,6)13(2,3)4/h7-8H,9H2,1-6H3. The molecule has 0 aliphatic rings. The zero-order valence-electron chi connectivity index (χ0n) is 11.6. The minimum atomic E-state index is -1.68. The Labute approximate surface area is 114 Å². The van der Waals surface area contributed by atoms with E-state index in [4.69, 9.17) is 4.43 Å². The molecule has 0 radical (unpaired) electrons. The molecule has 1 heterocycles. The van der Waals surface area contributed by atoms with Crippen LogP contribution in [0.4, 0.5) is 0 Å². The predicted octanol–water partition coefficient (Wildman–Crippen LogP) is 4.67. The van der Waals surface area contributed by atoms with E-state index in [0.717, 1.165) is 10.3 Å². The summed E-state index contributed by atoms with van der Waals surface area (Å²) in [6, 6.07) is 4.03. The molecule has 17 heavy (non-hydrogen) atoms. The average Bonchev–Trinajstić information content (AvgIpc) is 2.18. The Kier molecular flexibility index (Phi) is 4.55. The van der Waals surface area contributed by atoms with Crippen molar-refractivity contribution in [3.8, 4) is 0 Å². The Balaban J connectivity index is 2.77. The first-order chi connectivity index (χ1) is 7.63. The van der Waals surface area contributed by atoms with Crippen molar-refractivity contribution in [2.75, 3.05) is 0 Å². The van der Waals surface area contributed by atoms with Gasteiger partial charge in [0, 0.05) is 0 Å². The van der Waals surface area contributed by atoms with Gasteiger partial charge in [0.25, 0.3) is 0 Å². The number of hydrogen-bond acceptors (Lipinski definition) is 2. The summed E-state index contributed by atoms with van der Waals surface area (Å²) in [7, 11) is -1.68. The third kappa shape index (κ3) is 3.90. The van der Waals surface area contributed by atoms with E-state index in [9.17, 15) is 0 Å². The highest BCUT2D eigenvalue weighted by Crippen LogP contribution is 2.37. The summed E-state index contributed by atoms with van der Waals surface area (Å²) >= 11 is 3.40. The van der Waals surface area contributed by atoms with Crippen LogP contribution >= 0.6 is 15.9 Å². The van der Waals surface area contributed by atoms with Crippen molar-refractivity contribution < 1.29 is 4.43 Å². The highest BCUT2D eigenvalue weighted by Gasteiger charge is 2.37. The van der Waals surface area contributed by atoms with E-state index >= 15 is 0 Å². The molecule has 0 aliphatic heterocycles. The van der Waals surface area contributed by atoms with Crippen molar-refractivity contribution in [1.82, 2.24) is 4.98 Å². The van der Waals surface area contributed by atoms with E-state index < -0.39 is 8.32 Å². The molecule has 0 fully saturated rings. The van der Waals surface area contributed by atoms with Crippen LogP contribution < -0.4 is 0 Å². The minimum absolute atomic E-state index is 0.243. The molecular weight excluding hydrogens is 294 g/mol. The maximum absolute atomic E-state index is 6.17. The number of aromatic nitrogens is 1. The van der Waals surface area contributed by atoms with Gasteiger partial charge in [-0.3, -0.25) is 0 Å². The van der Waals surface area contributed by atoms with Crippen LogP contribution in [0.25, 0.3) is 0 Å². The van der Waals surface area contributed by atoms with Crippen molar-refractivity contribution in [2.24, 2.45) is 0 Å². The highest BCUT2D eigenvalue weighted by atomic mass is 79.9. The van der Waals surface area contributed by atoms with E-state index in [0.29, 0.717) is 6.61 Å². The second-order valence-electron chi connectivity index (χ2n) is 5.95. The highest BCUT2D eigenvalue weighted by molar-refractivity contribution is 9.10. The maximum atomic E-state index is 6.17. The van der Waals surface area contributed by atoms with Crippen LogP contribution in [0.2, 0.25) is 18.1 Å². The lowest BCUT2D eigenvalue weighted by Gasteiger charge is -2.36. The first-order valence-corrected chi connectivity index (χ1v) is 9.59. The molecule has 0 unspecified atom stereocenters. The van der Waals surface area contributed by atoms with E-state index in [2.05, 4.69) is 67.8 Å². The number of rotatable bonds is 3. The van der Waals surface area contributed by atoms with Crippen LogP contribution in [-0.4, -0.2) is 13.3 Å².